The van der Waals surface area contributed by atoms with E-state index in [0.29, 0.717) is 30.2 Å². The SMILES string of the molecule is COc1ccc([C@H](CC(=O)NCc2cccnc2)N2Cc3ccccc3C2=O)cc1OC. The Morgan fingerprint density at radius 3 is 2.62 bits per heavy atom. The lowest BCUT2D eigenvalue weighted by atomic mass is 10.0. The number of methoxy groups -OCH3 is 2. The van der Waals surface area contributed by atoms with Gasteiger partial charge in [0.2, 0.25) is 5.91 Å². The summed E-state index contributed by atoms with van der Waals surface area (Å²) in [5.41, 5.74) is 3.35. The number of aromatic nitrogens is 1. The fraction of sp³-hybridized carbons (Fsp3) is 0.240. The van der Waals surface area contributed by atoms with E-state index in [0.717, 1.165) is 16.7 Å². The first-order chi connectivity index (χ1) is 15.6. The van der Waals surface area contributed by atoms with Gasteiger partial charge in [-0.15, -0.1) is 0 Å². The number of amides is 2. The molecule has 0 bridgehead atoms. The number of rotatable bonds is 8. The summed E-state index contributed by atoms with van der Waals surface area (Å²) in [7, 11) is 3.13. The lowest BCUT2D eigenvalue weighted by Crippen LogP contribution is -2.34. The van der Waals surface area contributed by atoms with Crippen LogP contribution in [0.1, 0.15) is 39.5 Å². The molecule has 1 aromatic heterocycles. The van der Waals surface area contributed by atoms with Crippen LogP contribution in [-0.4, -0.2) is 35.9 Å². The summed E-state index contributed by atoms with van der Waals surface area (Å²) in [5, 5.41) is 2.94. The zero-order chi connectivity index (χ0) is 22.5. The van der Waals surface area contributed by atoms with Crippen LogP contribution in [0.3, 0.4) is 0 Å². The highest BCUT2D eigenvalue weighted by Gasteiger charge is 2.34. The minimum absolute atomic E-state index is 0.0829. The largest absolute Gasteiger partial charge is 0.493 e. The molecule has 0 spiro atoms. The van der Waals surface area contributed by atoms with Crippen molar-refractivity contribution < 1.29 is 19.1 Å². The third-order valence-electron chi connectivity index (χ3n) is 5.61. The van der Waals surface area contributed by atoms with Gasteiger partial charge < -0.3 is 19.7 Å². The van der Waals surface area contributed by atoms with Gasteiger partial charge in [-0.3, -0.25) is 14.6 Å². The molecular formula is C25H25N3O4. The van der Waals surface area contributed by atoms with E-state index in [1.807, 2.05) is 48.5 Å². The van der Waals surface area contributed by atoms with Crippen molar-refractivity contribution in [1.82, 2.24) is 15.2 Å². The molecule has 2 heterocycles. The quantitative estimate of drug-likeness (QED) is 0.590. The number of hydrogen-bond donors (Lipinski definition) is 1. The Balaban J connectivity index is 1.60. The van der Waals surface area contributed by atoms with Crippen molar-refractivity contribution in [1.29, 1.82) is 0 Å². The zero-order valence-electron chi connectivity index (χ0n) is 18.1. The Kier molecular flexibility index (Phi) is 6.35. The Hall–Kier alpha value is -3.87. The van der Waals surface area contributed by atoms with E-state index in [4.69, 9.17) is 9.47 Å². The van der Waals surface area contributed by atoms with Gasteiger partial charge in [-0.1, -0.05) is 30.3 Å². The summed E-state index contributed by atoms with van der Waals surface area (Å²) in [6.45, 7) is 0.823. The summed E-state index contributed by atoms with van der Waals surface area (Å²) in [6, 6.07) is 16.3. The maximum Gasteiger partial charge on any atom is 0.255 e. The van der Waals surface area contributed by atoms with Crippen LogP contribution in [0.4, 0.5) is 0 Å². The first-order valence-corrected chi connectivity index (χ1v) is 10.4. The van der Waals surface area contributed by atoms with Crippen molar-refractivity contribution in [3.63, 3.8) is 0 Å². The van der Waals surface area contributed by atoms with Gasteiger partial charge in [-0.25, -0.2) is 0 Å². The van der Waals surface area contributed by atoms with Crippen LogP contribution in [0.2, 0.25) is 0 Å². The molecule has 2 aromatic carbocycles. The number of nitrogens with one attached hydrogen (secondary N) is 1. The Labute approximate surface area is 187 Å². The number of ether oxygens (including phenoxy) is 2. The van der Waals surface area contributed by atoms with Crippen molar-refractivity contribution in [2.45, 2.75) is 25.6 Å². The van der Waals surface area contributed by atoms with Gasteiger partial charge in [-0.05, 0) is 41.0 Å². The molecule has 0 saturated carbocycles. The van der Waals surface area contributed by atoms with E-state index in [9.17, 15) is 9.59 Å². The van der Waals surface area contributed by atoms with Gasteiger partial charge in [0.15, 0.2) is 11.5 Å². The average molecular weight is 431 g/mol. The van der Waals surface area contributed by atoms with Crippen molar-refractivity contribution in [2.24, 2.45) is 0 Å². The van der Waals surface area contributed by atoms with Crippen molar-refractivity contribution >= 4 is 11.8 Å². The molecular weight excluding hydrogens is 406 g/mol. The van der Waals surface area contributed by atoms with Crippen molar-refractivity contribution in [3.05, 3.63) is 89.2 Å². The Morgan fingerprint density at radius 1 is 1.09 bits per heavy atom. The highest BCUT2D eigenvalue weighted by molar-refractivity contribution is 5.98. The minimum Gasteiger partial charge on any atom is -0.493 e. The number of hydrogen-bond acceptors (Lipinski definition) is 5. The minimum atomic E-state index is -0.455. The van der Waals surface area contributed by atoms with E-state index < -0.39 is 6.04 Å². The second-order valence-electron chi connectivity index (χ2n) is 7.56. The third-order valence-corrected chi connectivity index (χ3v) is 5.61. The number of pyridine rings is 1. The van der Waals surface area contributed by atoms with E-state index >= 15 is 0 Å². The second-order valence-corrected chi connectivity index (χ2v) is 7.56. The lowest BCUT2D eigenvalue weighted by Gasteiger charge is -2.28. The summed E-state index contributed by atoms with van der Waals surface area (Å²) >= 11 is 0. The molecule has 2 amide bonds. The van der Waals surface area contributed by atoms with Gasteiger partial charge in [0.25, 0.3) is 5.91 Å². The van der Waals surface area contributed by atoms with Crippen LogP contribution in [0.15, 0.2) is 67.0 Å². The summed E-state index contributed by atoms with van der Waals surface area (Å²) in [6.07, 6.45) is 3.53. The Bertz CT molecular complexity index is 1120. The molecule has 7 nitrogen and oxygen atoms in total. The van der Waals surface area contributed by atoms with E-state index in [1.54, 1.807) is 37.6 Å². The predicted molar refractivity (Wildman–Crippen MR) is 119 cm³/mol. The van der Waals surface area contributed by atoms with Crippen LogP contribution in [0.5, 0.6) is 11.5 Å². The van der Waals surface area contributed by atoms with Crippen molar-refractivity contribution in [3.8, 4) is 11.5 Å². The highest BCUT2D eigenvalue weighted by Crippen LogP contribution is 2.37. The van der Waals surface area contributed by atoms with Crippen LogP contribution in [0, 0.1) is 0 Å². The van der Waals surface area contributed by atoms with Gasteiger partial charge in [-0.2, -0.15) is 0 Å². The van der Waals surface area contributed by atoms with Gasteiger partial charge in [0, 0.05) is 31.0 Å². The van der Waals surface area contributed by atoms with E-state index in [1.165, 1.54) is 0 Å². The molecule has 3 aromatic rings. The molecule has 7 heteroatoms. The molecule has 0 unspecified atom stereocenters. The second kappa shape index (κ2) is 9.51. The van der Waals surface area contributed by atoms with E-state index in [-0.39, 0.29) is 18.2 Å². The smallest absolute Gasteiger partial charge is 0.255 e. The number of benzene rings is 2. The van der Waals surface area contributed by atoms with Crippen LogP contribution < -0.4 is 14.8 Å². The molecule has 4 rings (SSSR count). The lowest BCUT2D eigenvalue weighted by molar-refractivity contribution is -0.122. The van der Waals surface area contributed by atoms with Crippen molar-refractivity contribution in [2.75, 3.05) is 14.2 Å². The first kappa shape index (κ1) is 21.4. The maximum absolute atomic E-state index is 13.2. The summed E-state index contributed by atoms with van der Waals surface area (Å²) in [4.78, 5) is 31.9. The fourth-order valence-corrected chi connectivity index (χ4v) is 3.95. The molecule has 0 aliphatic carbocycles. The predicted octanol–water partition coefficient (Wildman–Crippen LogP) is 3.50. The molecule has 1 aliphatic heterocycles. The first-order valence-electron chi connectivity index (χ1n) is 10.4. The molecule has 1 aliphatic rings. The summed E-state index contributed by atoms with van der Waals surface area (Å²) in [5.74, 6) is 0.903. The van der Waals surface area contributed by atoms with Gasteiger partial charge in [0.1, 0.15) is 0 Å². The molecule has 0 fully saturated rings. The molecule has 0 saturated heterocycles. The molecule has 1 atom stereocenters. The third kappa shape index (κ3) is 4.42. The standard InChI is InChI=1S/C25H25N3O4/c1-31-22-10-9-18(12-23(22)32-2)21(13-24(29)27-15-17-6-5-11-26-14-17)28-16-19-7-3-4-8-20(19)25(28)30/h3-12,14,21H,13,15-16H2,1-2H3,(H,27,29)/t21-/m0/s1. The number of fused-ring (bicyclic) bond motifs is 1. The van der Waals surface area contributed by atoms with Crippen LogP contribution in [0.25, 0.3) is 0 Å². The maximum atomic E-state index is 13.2. The van der Waals surface area contributed by atoms with E-state index in [2.05, 4.69) is 10.3 Å². The molecule has 164 valence electrons. The average Bonchev–Trinajstić information content (AvgIpc) is 3.17. The molecule has 1 N–H and O–H groups in total. The number of carbonyl (C=O) groups is 2. The van der Waals surface area contributed by atoms with Gasteiger partial charge >= 0.3 is 0 Å². The summed E-state index contributed by atoms with van der Waals surface area (Å²) < 4.78 is 10.8. The van der Waals surface area contributed by atoms with Crippen LogP contribution >= 0.6 is 0 Å². The Morgan fingerprint density at radius 2 is 1.91 bits per heavy atom. The molecule has 0 radical (unpaired) electrons. The van der Waals surface area contributed by atoms with Gasteiger partial charge in [0.05, 0.1) is 26.7 Å². The number of carbonyl (C=O) groups excluding carboxylic acids is 2. The highest BCUT2D eigenvalue weighted by atomic mass is 16.5. The topological polar surface area (TPSA) is 80.8 Å². The number of nitrogens with zero attached hydrogens (tertiary/aromatic N) is 2. The fourth-order valence-electron chi connectivity index (χ4n) is 3.95. The molecule has 32 heavy (non-hydrogen) atoms. The normalized spacial score (nSPS) is 13.4. The zero-order valence-corrected chi connectivity index (χ0v) is 18.1. The van der Waals surface area contributed by atoms with Crippen LogP contribution in [-0.2, 0) is 17.9 Å². The monoisotopic (exact) mass is 431 g/mol.